The molecule has 1 amide bonds. The number of ether oxygens (including phenoxy) is 1. The van der Waals surface area contributed by atoms with Crippen molar-refractivity contribution in [3.8, 4) is 5.75 Å². The van der Waals surface area contributed by atoms with E-state index in [0.717, 1.165) is 6.07 Å². The quantitative estimate of drug-likeness (QED) is 0.363. The van der Waals surface area contributed by atoms with E-state index in [9.17, 15) is 24.8 Å². The second-order valence-electron chi connectivity index (χ2n) is 4.79. The highest BCUT2D eigenvalue weighted by molar-refractivity contribution is 6.31. The minimum absolute atomic E-state index is 0.0394. The molecule has 2 rings (SSSR count). The third-order valence-electron chi connectivity index (χ3n) is 3.17. The van der Waals surface area contributed by atoms with Gasteiger partial charge in [0.25, 0.3) is 11.6 Å². The second-order valence-corrected chi connectivity index (χ2v) is 5.23. The van der Waals surface area contributed by atoms with E-state index in [4.69, 9.17) is 16.3 Å². The lowest BCUT2D eigenvalue weighted by Gasteiger charge is -2.11. The van der Waals surface area contributed by atoms with Crippen LogP contribution in [0.25, 0.3) is 0 Å². The summed E-state index contributed by atoms with van der Waals surface area (Å²) in [6.45, 7) is 1.61. The molecule has 0 saturated heterocycles. The summed E-state index contributed by atoms with van der Waals surface area (Å²) in [4.78, 5) is 35.0. The van der Waals surface area contributed by atoms with E-state index in [0.29, 0.717) is 0 Å². The van der Waals surface area contributed by atoms with E-state index in [-0.39, 0.29) is 28.6 Å². The number of rotatable bonds is 5. The maximum atomic E-state index is 12.6. The highest BCUT2D eigenvalue weighted by atomic mass is 35.5. The number of nitrogens with one attached hydrogen (secondary N) is 1. The van der Waals surface area contributed by atoms with Crippen molar-refractivity contribution >= 4 is 34.9 Å². The Kier molecular flexibility index (Phi) is 5.56. The Labute approximate surface area is 147 Å². The van der Waals surface area contributed by atoms with Gasteiger partial charge in [-0.15, -0.1) is 0 Å². The Bertz CT molecular complexity index is 853. The number of nitro groups is 1. The average molecular weight is 365 g/mol. The largest absolute Gasteiger partial charge is 0.506 e. The smallest absolute Gasteiger partial charge is 0.339 e. The van der Waals surface area contributed by atoms with Gasteiger partial charge in [-0.25, -0.2) is 4.79 Å². The number of hydrogen-bond donors (Lipinski definition) is 2. The lowest BCUT2D eigenvalue weighted by atomic mass is 10.0. The summed E-state index contributed by atoms with van der Waals surface area (Å²) in [6, 6.07) is 7.55. The van der Waals surface area contributed by atoms with Gasteiger partial charge >= 0.3 is 5.97 Å². The summed E-state index contributed by atoms with van der Waals surface area (Å²) in [7, 11) is 0. The van der Waals surface area contributed by atoms with Crippen molar-refractivity contribution in [2.75, 3.05) is 11.9 Å². The minimum atomic E-state index is -0.951. The number of amides is 1. The van der Waals surface area contributed by atoms with Crippen molar-refractivity contribution in [3.05, 3.63) is 62.7 Å². The number of carbonyl (C=O) groups is 2. The first kappa shape index (κ1) is 18.2. The molecule has 0 atom stereocenters. The lowest BCUT2D eigenvalue weighted by Crippen LogP contribution is -2.19. The molecule has 0 fully saturated rings. The first-order valence-corrected chi connectivity index (χ1v) is 7.47. The number of aromatic hydroxyl groups is 1. The molecule has 0 spiro atoms. The molecule has 2 aromatic carbocycles. The maximum Gasteiger partial charge on any atom is 0.339 e. The van der Waals surface area contributed by atoms with Crippen molar-refractivity contribution in [2.45, 2.75) is 6.92 Å². The number of carbonyl (C=O) groups excluding carboxylic acids is 2. The zero-order valence-corrected chi connectivity index (χ0v) is 13.7. The van der Waals surface area contributed by atoms with E-state index in [1.807, 2.05) is 0 Å². The monoisotopic (exact) mass is 364 g/mol. The summed E-state index contributed by atoms with van der Waals surface area (Å²) in [5.74, 6) is -2.10. The Balaban J connectivity index is 2.51. The summed E-state index contributed by atoms with van der Waals surface area (Å²) in [5.41, 5.74) is -1.34. The number of hydrogen-bond acceptors (Lipinski definition) is 6. The summed E-state index contributed by atoms with van der Waals surface area (Å²) < 4.78 is 4.83. The van der Waals surface area contributed by atoms with Crippen LogP contribution in [0.1, 0.15) is 27.6 Å². The Morgan fingerprint density at radius 2 is 2.04 bits per heavy atom. The first-order chi connectivity index (χ1) is 11.8. The fourth-order valence-electron chi connectivity index (χ4n) is 2.10. The Morgan fingerprint density at radius 3 is 2.68 bits per heavy atom. The van der Waals surface area contributed by atoms with Gasteiger partial charge in [-0.05, 0) is 31.2 Å². The first-order valence-electron chi connectivity index (χ1n) is 7.09. The van der Waals surface area contributed by atoms with Crippen LogP contribution in [0.3, 0.4) is 0 Å². The average Bonchev–Trinajstić information content (AvgIpc) is 2.57. The van der Waals surface area contributed by atoms with Crippen LogP contribution in [0.15, 0.2) is 36.4 Å². The van der Waals surface area contributed by atoms with Crippen LogP contribution in [0.2, 0.25) is 5.02 Å². The highest BCUT2D eigenvalue weighted by Crippen LogP contribution is 2.29. The minimum Gasteiger partial charge on any atom is -0.506 e. The zero-order valence-electron chi connectivity index (χ0n) is 13.0. The molecular formula is C16H13ClN2O6. The predicted octanol–water partition coefficient (Wildman–Crippen LogP) is 3.38. The molecule has 0 aliphatic heterocycles. The molecule has 0 aliphatic rings. The SMILES string of the molecule is CCOC(=O)c1cccc([N+](=O)[O-])c1C(=O)Nc1cc(Cl)ccc1O. The molecule has 0 bridgehead atoms. The third-order valence-corrected chi connectivity index (χ3v) is 3.40. The van der Waals surface area contributed by atoms with E-state index in [2.05, 4.69) is 5.32 Å². The van der Waals surface area contributed by atoms with E-state index in [1.165, 1.54) is 30.3 Å². The van der Waals surface area contributed by atoms with Gasteiger partial charge in [0.1, 0.15) is 11.3 Å². The summed E-state index contributed by atoms with van der Waals surface area (Å²) in [6.07, 6.45) is 0. The molecule has 0 radical (unpaired) electrons. The van der Waals surface area contributed by atoms with E-state index >= 15 is 0 Å². The number of benzene rings is 2. The number of phenols is 1. The van der Waals surface area contributed by atoms with Gasteiger partial charge < -0.3 is 15.2 Å². The van der Waals surface area contributed by atoms with E-state index in [1.54, 1.807) is 6.92 Å². The summed E-state index contributed by atoms with van der Waals surface area (Å²) >= 11 is 5.81. The Morgan fingerprint density at radius 1 is 1.32 bits per heavy atom. The van der Waals surface area contributed by atoms with Crippen molar-refractivity contribution in [1.82, 2.24) is 0 Å². The lowest BCUT2D eigenvalue weighted by molar-refractivity contribution is -0.385. The molecule has 25 heavy (non-hydrogen) atoms. The van der Waals surface area contributed by atoms with Crippen LogP contribution in [0, 0.1) is 10.1 Å². The van der Waals surface area contributed by atoms with Gasteiger partial charge in [0, 0.05) is 11.1 Å². The Hall–Kier alpha value is -3.13. The predicted molar refractivity (Wildman–Crippen MR) is 90.1 cm³/mol. The highest BCUT2D eigenvalue weighted by Gasteiger charge is 2.28. The van der Waals surface area contributed by atoms with E-state index < -0.39 is 28.1 Å². The normalized spacial score (nSPS) is 10.2. The van der Waals surface area contributed by atoms with Crippen LogP contribution in [-0.2, 0) is 4.74 Å². The third kappa shape index (κ3) is 4.04. The molecule has 0 unspecified atom stereocenters. The maximum absolute atomic E-state index is 12.6. The number of phenolic OH excluding ortho intramolecular Hbond substituents is 1. The van der Waals surface area contributed by atoms with Gasteiger partial charge in [0.2, 0.25) is 0 Å². The van der Waals surface area contributed by atoms with Crippen molar-refractivity contribution in [2.24, 2.45) is 0 Å². The molecule has 8 nitrogen and oxygen atoms in total. The van der Waals surface area contributed by atoms with Crippen LogP contribution in [0.5, 0.6) is 5.75 Å². The number of esters is 1. The van der Waals surface area contributed by atoms with Gasteiger partial charge in [-0.1, -0.05) is 17.7 Å². The van der Waals surface area contributed by atoms with Crippen LogP contribution >= 0.6 is 11.6 Å². The van der Waals surface area contributed by atoms with Crippen LogP contribution < -0.4 is 5.32 Å². The number of nitrogens with zero attached hydrogens (tertiary/aromatic N) is 1. The molecule has 2 N–H and O–H groups in total. The van der Waals surface area contributed by atoms with Crippen molar-refractivity contribution in [1.29, 1.82) is 0 Å². The van der Waals surface area contributed by atoms with Crippen molar-refractivity contribution in [3.63, 3.8) is 0 Å². The molecule has 0 saturated carbocycles. The molecule has 130 valence electrons. The van der Waals surface area contributed by atoms with Crippen LogP contribution in [0.4, 0.5) is 11.4 Å². The molecular weight excluding hydrogens is 352 g/mol. The molecule has 9 heteroatoms. The number of nitro benzene ring substituents is 1. The summed E-state index contributed by atoms with van der Waals surface area (Å²) in [5, 5.41) is 23.6. The topological polar surface area (TPSA) is 119 Å². The number of halogens is 1. The standard InChI is InChI=1S/C16H13ClN2O6/c1-2-25-16(22)10-4-3-5-12(19(23)24)14(10)15(21)18-11-8-9(17)6-7-13(11)20/h3-8,20H,2H2,1H3,(H,18,21). The van der Waals surface area contributed by atoms with Crippen LogP contribution in [-0.4, -0.2) is 28.5 Å². The van der Waals surface area contributed by atoms with Crippen molar-refractivity contribution < 1.29 is 24.4 Å². The molecule has 0 aliphatic carbocycles. The molecule has 2 aromatic rings. The fraction of sp³-hybridized carbons (Fsp3) is 0.125. The molecule has 0 heterocycles. The number of anilines is 1. The van der Waals surface area contributed by atoms with Gasteiger partial charge in [0.05, 0.1) is 22.8 Å². The second kappa shape index (κ2) is 7.63. The van der Waals surface area contributed by atoms with Gasteiger partial charge in [0.15, 0.2) is 0 Å². The van der Waals surface area contributed by atoms with Gasteiger partial charge in [-0.2, -0.15) is 0 Å². The van der Waals surface area contributed by atoms with Gasteiger partial charge in [-0.3, -0.25) is 14.9 Å². The fourth-order valence-corrected chi connectivity index (χ4v) is 2.28. The zero-order chi connectivity index (χ0) is 18.6. The molecule has 0 aromatic heterocycles.